The molecular weight excluding hydrogens is 268 g/mol. The Hall–Kier alpha value is -0.650. The first-order valence-corrected chi connectivity index (χ1v) is 8.18. The number of rotatable bonds is 4. The van der Waals surface area contributed by atoms with Crippen LogP contribution in [0.4, 0.5) is 0 Å². The van der Waals surface area contributed by atoms with Crippen molar-refractivity contribution in [3.63, 3.8) is 0 Å². The number of aliphatic hydroxyl groups excluding tert-OH is 1. The van der Waals surface area contributed by atoms with Gasteiger partial charge in [-0.2, -0.15) is 0 Å². The summed E-state index contributed by atoms with van der Waals surface area (Å²) in [4.78, 5) is 14.3. The maximum Gasteiger partial charge on any atom is 0.234 e. The molecule has 1 heterocycles. The van der Waals surface area contributed by atoms with Gasteiger partial charge in [-0.3, -0.25) is 9.69 Å². The number of carbonyl (C=O) groups is 1. The SMILES string of the molecule is CC1CCC(NC(=O)CN2CC(CO)OC(C)(C)C2)CC1. The average molecular weight is 298 g/mol. The van der Waals surface area contributed by atoms with E-state index in [0.717, 1.165) is 25.3 Å². The molecule has 0 aromatic rings. The van der Waals surface area contributed by atoms with Crippen molar-refractivity contribution in [2.75, 3.05) is 26.2 Å². The zero-order valence-electron chi connectivity index (χ0n) is 13.6. The molecule has 1 saturated carbocycles. The number of hydrogen-bond acceptors (Lipinski definition) is 4. The van der Waals surface area contributed by atoms with Gasteiger partial charge in [0.1, 0.15) is 0 Å². The first-order chi connectivity index (χ1) is 9.88. The topological polar surface area (TPSA) is 61.8 Å². The molecule has 1 atom stereocenters. The van der Waals surface area contributed by atoms with Crippen LogP contribution in [-0.2, 0) is 9.53 Å². The molecule has 1 aliphatic heterocycles. The second kappa shape index (κ2) is 7.07. The Morgan fingerprint density at radius 2 is 2.00 bits per heavy atom. The summed E-state index contributed by atoms with van der Waals surface area (Å²) in [5, 5.41) is 12.5. The Balaban J connectivity index is 1.79. The van der Waals surface area contributed by atoms with Crippen molar-refractivity contribution < 1.29 is 14.6 Å². The Labute approximate surface area is 128 Å². The minimum Gasteiger partial charge on any atom is -0.394 e. The molecule has 5 heteroatoms. The summed E-state index contributed by atoms with van der Waals surface area (Å²) in [7, 11) is 0. The molecule has 2 aliphatic rings. The Bertz CT molecular complexity index is 351. The number of carbonyl (C=O) groups excluding carboxylic acids is 1. The van der Waals surface area contributed by atoms with Gasteiger partial charge in [-0.05, 0) is 45.4 Å². The summed E-state index contributed by atoms with van der Waals surface area (Å²) < 4.78 is 5.77. The lowest BCUT2D eigenvalue weighted by Crippen LogP contribution is -2.56. The van der Waals surface area contributed by atoms with Crippen molar-refractivity contribution in [3.8, 4) is 0 Å². The highest BCUT2D eigenvalue weighted by atomic mass is 16.5. The van der Waals surface area contributed by atoms with Gasteiger partial charge in [-0.25, -0.2) is 0 Å². The molecule has 0 radical (unpaired) electrons. The molecule has 0 spiro atoms. The molecule has 1 amide bonds. The molecule has 0 aromatic heterocycles. The molecule has 2 rings (SSSR count). The van der Waals surface area contributed by atoms with Crippen LogP contribution in [0, 0.1) is 5.92 Å². The average Bonchev–Trinajstić information content (AvgIpc) is 2.39. The van der Waals surface area contributed by atoms with Crippen molar-refractivity contribution in [2.24, 2.45) is 5.92 Å². The number of nitrogens with one attached hydrogen (secondary N) is 1. The van der Waals surface area contributed by atoms with Crippen LogP contribution in [-0.4, -0.2) is 59.9 Å². The Morgan fingerprint density at radius 3 is 2.62 bits per heavy atom. The number of hydrogen-bond donors (Lipinski definition) is 2. The molecule has 1 unspecified atom stereocenters. The highest BCUT2D eigenvalue weighted by molar-refractivity contribution is 5.78. The van der Waals surface area contributed by atoms with Crippen LogP contribution in [0.5, 0.6) is 0 Å². The molecule has 5 nitrogen and oxygen atoms in total. The maximum absolute atomic E-state index is 12.2. The van der Waals surface area contributed by atoms with Gasteiger partial charge in [-0.15, -0.1) is 0 Å². The van der Waals surface area contributed by atoms with Gasteiger partial charge in [-0.1, -0.05) is 6.92 Å². The van der Waals surface area contributed by atoms with E-state index >= 15 is 0 Å². The van der Waals surface area contributed by atoms with E-state index in [0.29, 0.717) is 19.1 Å². The molecular formula is C16H30N2O3. The van der Waals surface area contributed by atoms with Gasteiger partial charge < -0.3 is 15.2 Å². The van der Waals surface area contributed by atoms with Crippen LogP contribution < -0.4 is 5.32 Å². The quantitative estimate of drug-likeness (QED) is 0.817. The molecule has 0 bridgehead atoms. The Morgan fingerprint density at radius 1 is 1.33 bits per heavy atom. The molecule has 1 aliphatic carbocycles. The number of nitrogens with zero attached hydrogens (tertiary/aromatic N) is 1. The number of aliphatic hydroxyl groups is 1. The normalized spacial score (nSPS) is 33.6. The predicted octanol–water partition coefficient (Wildman–Crippen LogP) is 1.15. The standard InChI is InChI=1S/C16H30N2O3/c1-12-4-6-13(7-5-12)17-15(20)9-18-8-14(10-19)21-16(2,3)11-18/h12-14,19H,4-11H2,1-3H3,(H,17,20). The van der Waals surface area contributed by atoms with E-state index in [4.69, 9.17) is 4.74 Å². The minimum atomic E-state index is -0.313. The molecule has 21 heavy (non-hydrogen) atoms. The molecule has 2 fully saturated rings. The summed E-state index contributed by atoms with van der Waals surface area (Å²) in [6, 6.07) is 0.344. The molecule has 1 saturated heterocycles. The zero-order valence-corrected chi connectivity index (χ0v) is 13.6. The lowest BCUT2D eigenvalue weighted by Gasteiger charge is -2.42. The van der Waals surface area contributed by atoms with Crippen molar-refractivity contribution in [1.82, 2.24) is 10.2 Å². The summed E-state index contributed by atoms with van der Waals surface area (Å²) in [5.74, 6) is 0.896. The second-order valence-corrected chi connectivity index (χ2v) is 7.38. The van der Waals surface area contributed by atoms with Crippen LogP contribution in [0.2, 0.25) is 0 Å². The van der Waals surface area contributed by atoms with Crippen molar-refractivity contribution >= 4 is 5.91 Å². The minimum absolute atomic E-state index is 0.00205. The lowest BCUT2D eigenvalue weighted by atomic mass is 9.87. The van der Waals surface area contributed by atoms with E-state index in [2.05, 4.69) is 17.1 Å². The fraction of sp³-hybridized carbons (Fsp3) is 0.938. The third-order valence-corrected chi connectivity index (χ3v) is 4.50. The van der Waals surface area contributed by atoms with Gasteiger partial charge >= 0.3 is 0 Å². The van der Waals surface area contributed by atoms with E-state index in [1.807, 2.05) is 13.8 Å². The first kappa shape index (κ1) is 16.7. The number of amides is 1. The fourth-order valence-corrected chi connectivity index (χ4v) is 3.51. The number of ether oxygens (including phenoxy) is 1. The van der Waals surface area contributed by atoms with Gasteiger partial charge in [0.15, 0.2) is 0 Å². The molecule has 2 N–H and O–H groups in total. The highest BCUT2D eigenvalue weighted by Gasteiger charge is 2.34. The van der Waals surface area contributed by atoms with Crippen molar-refractivity contribution in [2.45, 2.75) is 64.2 Å². The van der Waals surface area contributed by atoms with Crippen LogP contribution in [0.1, 0.15) is 46.5 Å². The third kappa shape index (κ3) is 5.24. The summed E-state index contributed by atoms with van der Waals surface area (Å²) in [5.41, 5.74) is -0.313. The van der Waals surface area contributed by atoms with Crippen LogP contribution in [0.3, 0.4) is 0 Å². The van der Waals surface area contributed by atoms with Crippen molar-refractivity contribution in [3.05, 3.63) is 0 Å². The maximum atomic E-state index is 12.2. The first-order valence-electron chi connectivity index (χ1n) is 8.18. The van der Waals surface area contributed by atoms with E-state index < -0.39 is 0 Å². The molecule has 0 aromatic carbocycles. The zero-order chi connectivity index (χ0) is 15.5. The van der Waals surface area contributed by atoms with E-state index in [-0.39, 0.29) is 24.2 Å². The summed E-state index contributed by atoms with van der Waals surface area (Å²) >= 11 is 0. The van der Waals surface area contributed by atoms with Gasteiger partial charge in [0.2, 0.25) is 5.91 Å². The van der Waals surface area contributed by atoms with E-state index in [9.17, 15) is 9.90 Å². The summed E-state index contributed by atoms with van der Waals surface area (Å²) in [6.45, 7) is 8.03. The highest BCUT2D eigenvalue weighted by Crippen LogP contribution is 2.24. The van der Waals surface area contributed by atoms with Gasteiger partial charge in [0.05, 0.1) is 24.9 Å². The van der Waals surface area contributed by atoms with Crippen LogP contribution in [0.15, 0.2) is 0 Å². The lowest BCUT2D eigenvalue weighted by molar-refractivity contribution is -0.153. The van der Waals surface area contributed by atoms with Crippen LogP contribution >= 0.6 is 0 Å². The smallest absolute Gasteiger partial charge is 0.234 e. The van der Waals surface area contributed by atoms with Crippen molar-refractivity contribution in [1.29, 1.82) is 0 Å². The van der Waals surface area contributed by atoms with E-state index in [1.165, 1.54) is 12.8 Å². The predicted molar refractivity (Wildman–Crippen MR) is 82.0 cm³/mol. The Kier molecular flexibility index (Phi) is 5.63. The monoisotopic (exact) mass is 298 g/mol. The van der Waals surface area contributed by atoms with Gasteiger partial charge in [0, 0.05) is 19.1 Å². The third-order valence-electron chi connectivity index (χ3n) is 4.50. The molecule has 122 valence electrons. The van der Waals surface area contributed by atoms with Gasteiger partial charge in [0.25, 0.3) is 0 Å². The van der Waals surface area contributed by atoms with E-state index in [1.54, 1.807) is 0 Å². The number of morpholine rings is 1. The second-order valence-electron chi connectivity index (χ2n) is 7.38. The van der Waals surface area contributed by atoms with Crippen LogP contribution in [0.25, 0.3) is 0 Å². The summed E-state index contributed by atoms with van der Waals surface area (Å²) in [6.07, 6.45) is 4.42. The fourth-order valence-electron chi connectivity index (χ4n) is 3.51. The largest absolute Gasteiger partial charge is 0.394 e.